The molecular weight excluding hydrogens is 739 g/mol. The third kappa shape index (κ3) is 6.89. The van der Waals surface area contributed by atoms with Crippen LogP contribution in [-0.2, 0) is 38.5 Å². The van der Waals surface area contributed by atoms with Crippen LogP contribution in [0.5, 0.6) is 0 Å². The summed E-state index contributed by atoms with van der Waals surface area (Å²) in [7, 11) is 0. The fourth-order valence-electron chi connectivity index (χ4n) is 8.38. The molecule has 0 nitrogen and oxygen atoms in total. The normalized spacial score (nSPS) is 14.1. The number of allylic oxidation sites excluding steroid dienone is 4. The van der Waals surface area contributed by atoms with Crippen molar-refractivity contribution in [1.82, 2.24) is 0 Å². The Morgan fingerprint density at radius 2 is 1.15 bits per heavy atom. The molecule has 0 saturated carbocycles. The van der Waals surface area contributed by atoms with Gasteiger partial charge in [-0.25, -0.2) is 0 Å². The van der Waals surface area contributed by atoms with Crippen molar-refractivity contribution in [3.05, 3.63) is 193 Å². The Balaban J connectivity index is 1.55. The fourth-order valence-corrected chi connectivity index (χ4v) is 17.0. The topological polar surface area (TPSA) is 0 Å². The molecular formula is C51H47ClZr. The Bertz CT molecular complexity index is 2420. The minimum atomic E-state index is -3.06. The van der Waals surface area contributed by atoms with E-state index in [2.05, 4.69) is 193 Å². The van der Waals surface area contributed by atoms with E-state index >= 15 is 0 Å². The van der Waals surface area contributed by atoms with Gasteiger partial charge in [0.1, 0.15) is 0 Å². The summed E-state index contributed by atoms with van der Waals surface area (Å²) < 4.78 is 4.75. The molecule has 6 aromatic rings. The van der Waals surface area contributed by atoms with E-state index in [0.717, 1.165) is 17.9 Å². The first-order valence-corrected chi connectivity index (χ1v) is 23.0. The fraction of sp³-hybridized carbons (Fsp3) is 0.196. The zero-order chi connectivity index (χ0) is 36.9. The summed E-state index contributed by atoms with van der Waals surface area (Å²) in [6, 6.07) is 49.9. The number of benzene rings is 6. The van der Waals surface area contributed by atoms with Gasteiger partial charge in [-0.1, -0.05) is 0 Å². The molecule has 0 heterocycles. The van der Waals surface area contributed by atoms with Crippen molar-refractivity contribution in [2.75, 3.05) is 0 Å². The van der Waals surface area contributed by atoms with E-state index in [0.29, 0.717) is 0 Å². The van der Waals surface area contributed by atoms with E-state index in [1.165, 1.54) is 70.0 Å². The predicted octanol–water partition coefficient (Wildman–Crippen LogP) is 13.2. The molecule has 0 atom stereocenters. The van der Waals surface area contributed by atoms with Gasteiger partial charge >= 0.3 is 331 Å². The van der Waals surface area contributed by atoms with Gasteiger partial charge in [-0.3, -0.25) is 0 Å². The van der Waals surface area contributed by atoms with Gasteiger partial charge in [0, 0.05) is 0 Å². The first-order chi connectivity index (χ1) is 25.5. The molecule has 0 saturated heterocycles. The molecule has 8 rings (SSSR count). The van der Waals surface area contributed by atoms with Crippen LogP contribution in [0.2, 0.25) is 5.02 Å². The second-order valence-corrected chi connectivity index (χ2v) is 22.9. The monoisotopic (exact) mass is 784 g/mol. The maximum absolute atomic E-state index is 6.58. The quantitative estimate of drug-likeness (QED) is 0.158. The van der Waals surface area contributed by atoms with Gasteiger partial charge in [0.05, 0.1) is 0 Å². The zero-order valence-electron chi connectivity index (χ0n) is 31.7. The van der Waals surface area contributed by atoms with E-state index in [1.54, 1.807) is 6.55 Å². The van der Waals surface area contributed by atoms with Crippen molar-refractivity contribution in [3.8, 4) is 33.4 Å². The van der Waals surface area contributed by atoms with Crippen LogP contribution >= 0.6 is 11.6 Å². The third-order valence-electron chi connectivity index (χ3n) is 10.9. The Hall–Kier alpha value is -4.16. The molecule has 0 aliphatic heterocycles. The van der Waals surface area contributed by atoms with Crippen LogP contribution in [0.4, 0.5) is 0 Å². The van der Waals surface area contributed by atoms with E-state index in [1.807, 2.05) is 0 Å². The summed E-state index contributed by atoms with van der Waals surface area (Å²) in [5.41, 5.74) is 16.6. The molecule has 6 aromatic carbocycles. The molecule has 0 bridgehead atoms. The first kappa shape index (κ1) is 35.9. The number of rotatable bonds is 6. The molecule has 2 heteroatoms. The summed E-state index contributed by atoms with van der Waals surface area (Å²) in [5.74, 6) is 0. The third-order valence-corrected chi connectivity index (χ3v) is 18.9. The van der Waals surface area contributed by atoms with E-state index in [4.69, 9.17) is 11.6 Å². The van der Waals surface area contributed by atoms with Gasteiger partial charge < -0.3 is 0 Å². The minimum absolute atomic E-state index is 0.0211. The molecule has 0 aromatic heterocycles. The van der Waals surface area contributed by atoms with E-state index in [9.17, 15) is 0 Å². The molecule has 0 unspecified atom stereocenters. The second-order valence-electron chi connectivity index (χ2n) is 16.6. The average Bonchev–Trinajstić information content (AvgIpc) is 3.82. The molecule has 0 fully saturated rings. The second kappa shape index (κ2) is 14.2. The molecule has 0 radical (unpaired) electrons. The Morgan fingerprint density at radius 3 is 1.74 bits per heavy atom. The molecule has 0 spiro atoms. The predicted molar refractivity (Wildman–Crippen MR) is 226 cm³/mol. The van der Waals surface area contributed by atoms with Crippen molar-refractivity contribution in [3.63, 3.8) is 0 Å². The van der Waals surface area contributed by atoms with Gasteiger partial charge in [-0.2, -0.15) is 0 Å². The van der Waals surface area contributed by atoms with Crippen LogP contribution < -0.4 is 3.27 Å². The molecule has 2 aliphatic carbocycles. The SMILES string of the molecule is CC(C)(C)c1cc2c(cc1-c1ccccc1)Cc1c-2cc(C(C)(C)C)c(-c2ccccc2)[c]1/[Zr]([C]1=CC=CC1)=[C](/c1ccccc1)c1ccc(Cl)cc1. The Kier molecular flexibility index (Phi) is 9.64. The van der Waals surface area contributed by atoms with Gasteiger partial charge in [-0.05, 0) is 0 Å². The van der Waals surface area contributed by atoms with Crippen molar-refractivity contribution in [2.45, 2.75) is 65.2 Å². The molecule has 0 N–H and O–H groups in total. The molecule has 53 heavy (non-hydrogen) atoms. The number of hydrogen-bond donors (Lipinski definition) is 0. The van der Waals surface area contributed by atoms with Gasteiger partial charge in [0.25, 0.3) is 0 Å². The molecule has 2 aliphatic rings. The average molecular weight is 787 g/mol. The van der Waals surface area contributed by atoms with Crippen LogP contribution in [0.25, 0.3) is 33.4 Å². The van der Waals surface area contributed by atoms with Crippen LogP contribution in [0.1, 0.15) is 81.3 Å². The number of halogens is 1. The summed E-state index contributed by atoms with van der Waals surface area (Å²) in [5, 5.41) is 0.771. The van der Waals surface area contributed by atoms with Crippen LogP contribution in [0.3, 0.4) is 0 Å². The first-order valence-electron chi connectivity index (χ1n) is 18.9. The summed E-state index contributed by atoms with van der Waals surface area (Å²) in [6.07, 6.45) is 9.06. The van der Waals surface area contributed by atoms with Crippen molar-refractivity contribution < 1.29 is 21.3 Å². The molecule has 262 valence electrons. The van der Waals surface area contributed by atoms with E-state index in [-0.39, 0.29) is 10.8 Å². The molecule has 0 amide bonds. The maximum atomic E-state index is 6.58. The standard InChI is InChI=1S/C33H33.C13H9Cl.C5H5.Zr/c1-32(2,3)30-20-26-24(18-28(30)22-13-9-7-10-14-22)17-25-19-29(23-15-11-8-12-16-23)31(21-27(25)26)33(4,5)6;14-13-8-6-12(7-9-13)10-11-4-2-1-3-5-11;1-2-4-5-3-1;/h7-16,18,20-21H,17H2,1-6H3;1-9H;1-3H,4H2;. The summed E-state index contributed by atoms with van der Waals surface area (Å²) in [4.78, 5) is 0. The summed E-state index contributed by atoms with van der Waals surface area (Å²) in [6.45, 7) is 14.3. The van der Waals surface area contributed by atoms with Gasteiger partial charge in [0.15, 0.2) is 0 Å². The van der Waals surface area contributed by atoms with Gasteiger partial charge in [-0.15, -0.1) is 0 Å². The van der Waals surface area contributed by atoms with Crippen LogP contribution in [0.15, 0.2) is 155 Å². The number of fused-ring (bicyclic) bond motifs is 3. The van der Waals surface area contributed by atoms with Crippen LogP contribution in [-0.4, -0.2) is 3.21 Å². The Morgan fingerprint density at radius 1 is 0.585 bits per heavy atom. The zero-order valence-corrected chi connectivity index (χ0v) is 34.9. The van der Waals surface area contributed by atoms with Gasteiger partial charge in [0.2, 0.25) is 0 Å². The van der Waals surface area contributed by atoms with Crippen molar-refractivity contribution in [2.24, 2.45) is 0 Å². The summed E-state index contributed by atoms with van der Waals surface area (Å²) >= 11 is 3.52. The van der Waals surface area contributed by atoms with E-state index < -0.39 is 21.3 Å². The van der Waals surface area contributed by atoms with Crippen molar-refractivity contribution in [1.29, 1.82) is 0 Å². The number of hydrogen-bond acceptors (Lipinski definition) is 0. The Labute approximate surface area is 329 Å². The van der Waals surface area contributed by atoms with Crippen molar-refractivity contribution >= 4 is 18.1 Å². The van der Waals surface area contributed by atoms with Crippen LogP contribution in [0, 0.1) is 0 Å².